The second-order valence-corrected chi connectivity index (χ2v) is 4.58. The maximum absolute atomic E-state index is 10.4. The molecule has 17 heavy (non-hydrogen) atoms. The third-order valence-electron chi connectivity index (χ3n) is 1.78. The van der Waals surface area contributed by atoms with Crippen molar-refractivity contribution < 1.29 is 76.3 Å². The molecule has 94 valence electrons. The van der Waals surface area contributed by atoms with E-state index in [0.717, 1.165) is 4.90 Å². The van der Waals surface area contributed by atoms with Crippen LogP contribution >= 0.6 is 0 Å². The van der Waals surface area contributed by atoms with E-state index in [9.17, 15) is 14.7 Å². The molecule has 0 saturated carbocycles. The first-order chi connectivity index (χ1) is 7.13. The van der Waals surface area contributed by atoms with Crippen LogP contribution in [-0.4, -0.2) is 45.4 Å². The van der Waals surface area contributed by atoms with E-state index in [4.69, 9.17) is 10.2 Å². The summed E-state index contributed by atoms with van der Waals surface area (Å²) in [6.07, 6.45) is -0.0693. The Balaban J connectivity index is 0. The van der Waals surface area contributed by atoms with Gasteiger partial charge in [-0.1, -0.05) is 20.8 Å². The molecule has 2 N–H and O–H groups in total. The molecule has 6 nitrogen and oxygen atoms in total. The van der Waals surface area contributed by atoms with Gasteiger partial charge >= 0.3 is 63.4 Å². The van der Waals surface area contributed by atoms with Gasteiger partial charge in [-0.15, -0.1) is 5.60 Å². The molecular formula is C10H18KNO5. The third-order valence-corrected chi connectivity index (χ3v) is 1.78. The monoisotopic (exact) mass is 271 g/mol. The van der Waals surface area contributed by atoms with E-state index in [1.54, 1.807) is 20.8 Å². The minimum absolute atomic E-state index is 0. The Kier molecular flexibility index (Phi) is 9.77. The number of rotatable bonds is 1. The zero-order valence-corrected chi connectivity index (χ0v) is 13.9. The summed E-state index contributed by atoms with van der Waals surface area (Å²) >= 11 is 0. The smallest absolute Gasteiger partial charge is 0.850 e. The van der Waals surface area contributed by atoms with Crippen molar-refractivity contribution in [3.8, 4) is 0 Å². The first-order valence-electron chi connectivity index (χ1n) is 5.05. The molecule has 0 aromatic heterocycles. The molecule has 1 amide bonds. The van der Waals surface area contributed by atoms with Crippen LogP contribution in [0.4, 0.5) is 4.79 Å². The van der Waals surface area contributed by atoms with Crippen molar-refractivity contribution in [1.29, 1.82) is 0 Å². The fourth-order valence-electron chi connectivity index (χ4n) is 1.25. The summed E-state index contributed by atoms with van der Waals surface area (Å²) in [7, 11) is 0. The zero-order valence-electron chi connectivity index (χ0n) is 10.8. The van der Waals surface area contributed by atoms with Gasteiger partial charge in [0.05, 0.1) is 0 Å². The molecule has 0 radical (unpaired) electrons. The van der Waals surface area contributed by atoms with E-state index in [-0.39, 0.29) is 51.4 Å². The fraction of sp³-hybridized carbons (Fsp3) is 0.800. The first kappa shape index (κ1) is 19.7. The van der Waals surface area contributed by atoms with Crippen molar-refractivity contribution in [2.75, 3.05) is 6.54 Å². The molecule has 1 aliphatic heterocycles. The van der Waals surface area contributed by atoms with E-state index in [1.165, 1.54) is 0 Å². The van der Waals surface area contributed by atoms with Gasteiger partial charge in [-0.3, -0.25) is 4.90 Å². The molecule has 1 heterocycles. The van der Waals surface area contributed by atoms with Crippen LogP contribution in [0.2, 0.25) is 0 Å². The van der Waals surface area contributed by atoms with Gasteiger partial charge in [0.2, 0.25) is 0 Å². The summed E-state index contributed by atoms with van der Waals surface area (Å²) < 4.78 is 0. The molecule has 1 saturated heterocycles. The van der Waals surface area contributed by atoms with Crippen LogP contribution in [0, 0.1) is 0 Å². The van der Waals surface area contributed by atoms with E-state index in [1.807, 2.05) is 0 Å². The molecular weight excluding hydrogens is 253 g/mol. The molecule has 0 spiro atoms. The predicted octanol–water partition coefficient (Wildman–Crippen LogP) is -2.64. The van der Waals surface area contributed by atoms with Crippen LogP contribution in [0.25, 0.3) is 0 Å². The number of amides is 1. The maximum atomic E-state index is 10.4. The number of hydrogen-bond donors (Lipinski definition) is 2. The van der Waals surface area contributed by atoms with Gasteiger partial charge in [0.25, 0.3) is 0 Å². The molecule has 0 aromatic carbocycles. The topological polar surface area (TPSA) is 101 Å². The van der Waals surface area contributed by atoms with Crippen LogP contribution in [-0.2, 0) is 4.79 Å². The number of aliphatic carboxylic acids is 1. The zero-order chi connectivity index (χ0) is 12.9. The fourth-order valence-corrected chi connectivity index (χ4v) is 1.25. The van der Waals surface area contributed by atoms with Gasteiger partial charge in [0, 0.05) is 6.54 Å². The Morgan fingerprint density at radius 1 is 1.29 bits per heavy atom. The quantitative estimate of drug-likeness (QED) is 0.508. The molecule has 1 unspecified atom stereocenters. The normalized spacial score (nSPS) is 18.8. The maximum Gasteiger partial charge on any atom is 1.00 e. The number of likely N-dealkylation sites (tertiary alicyclic amines) is 1. The Bertz CT molecular complexity index is 238. The molecule has 1 fully saturated rings. The Morgan fingerprint density at radius 2 is 1.71 bits per heavy atom. The van der Waals surface area contributed by atoms with Crippen LogP contribution in [0.3, 0.4) is 0 Å². The number of carbonyl (C=O) groups is 2. The van der Waals surface area contributed by atoms with Crippen LogP contribution < -0.4 is 56.5 Å². The Labute approximate surface area is 143 Å². The standard InChI is InChI=1S/C6H9NO4.C4H9O.K/c8-5(9)4-2-1-3-7(4)6(10)11;1-4(2,3)5;/h4H,1-3H2,(H,8,9)(H,10,11);1-3H3;/q;-1;+1. The first-order valence-corrected chi connectivity index (χ1v) is 5.05. The van der Waals surface area contributed by atoms with Crippen molar-refractivity contribution in [2.24, 2.45) is 0 Å². The molecule has 0 aromatic rings. The average Bonchev–Trinajstić information content (AvgIpc) is 2.47. The SMILES string of the molecule is CC(C)(C)[O-].O=C(O)C1CCCN1C(=O)O.[K+]. The number of carboxylic acid groups (broad SMARTS) is 2. The summed E-state index contributed by atoms with van der Waals surface area (Å²) in [6, 6.07) is -0.826. The second-order valence-electron chi connectivity index (χ2n) is 4.58. The Hall–Kier alpha value is 0.336. The van der Waals surface area contributed by atoms with Crippen molar-refractivity contribution in [2.45, 2.75) is 45.3 Å². The summed E-state index contributed by atoms with van der Waals surface area (Å²) in [5, 5.41) is 27.1. The minimum Gasteiger partial charge on any atom is -0.850 e. The van der Waals surface area contributed by atoms with Crippen LogP contribution in [0.1, 0.15) is 33.6 Å². The predicted molar refractivity (Wildman–Crippen MR) is 55.1 cm³/mol. The minimum atomic E-state index is -1.14. The van der Waals surface area contributed by atoms with Crippen molar-refractivity contribution in [3.05, 3.63) is 0 Å². The van der Waals surface area contributed by atoms with Gasteiger partial charge in [-0.2, -0.15) is 0 Å². The van der Waals surface area contributed by atoms with Crippen molar-refractivity contribution in [1.82, 2.24) is 4.90 Å². The molecule has 7 heteroatoms. The number of carboxylic acids is 1. The van der Waals surface area contributed by atoms with E-state index in [0.29, 0.717) is 19.4 Å². The molecule has 1 rings (SSSR count). The van der Waals surface area contributed by atoms with Gasteiger partial charge in [0.15, 0.2) is 0 Å². The van der Waals surface area contributed by atoms with Gasteiger partial charge < -0.3 is 15.3 Å². The third kappa shape index (κ3) is 9.99. The summed E-state index contributed by atoms with van der Waals surface area (Å²) in [5.41, 5.74) is -0.750. The van der Waals surface area contributed by atoms with Gasteiger partial charge in [0.1, 0.15) is 6.04 Å². The molecule has 0 aliphatic carbocycles. The summed E-state index contributed by atoms with van der Waals surface area (Å²) in [4.78, 5) is 21.8. The van der Waals surface area contributed by atoms with Crippen LogP contribution in [0.15, 0.2) is 0 Å². The second kappa shape index (κ2) is 8.44. The molecule has 0 bridgehead atoms. The molecule has 1 atom stereocenters. The van der Waals surface area contributed by atoms with Crippen molar-refractivity contribution in [3.63, 3.8) is 0 Å². The van der Waals surface area contributed by atoms with E-state index < -0.39 is 23.7 Å². The average molecular weight is 271 g/mol. The number of hydrogen-bond acceptors (Lipinski definition) is 3. The summed E-state index contributed by atoms with van der Waals surface area (Å²) in [6.45, 7) is 5.24. The molecule has 1 aliphatic rings. The number of nitrogens with zero attached hydrogens (tertiary/aromatic N) is 1. The van der Waals surface area contributed by atoms with Crippen LogP contribution in [0.5, 0.6) is 0 Å². The van der Waals surface area contributed by atoms with E-state index in [2.05, 4.69) is 0 Å². The Morgan fingerprint density at radius 3 is 1.94 bits per heavy atom. The summed E-state index contributed by atoms with van der Waals surface area (Å²) in [5.74, 6) is -1.05. The van der Waals surface area contributed by atoms with Crippen molar-refractivity contribution >= 4 is 12.1 Å². The largest absolute Gasteiger partial charge is 1.00 e. The van der Waals surface area contributed by atoms with Gasteiger partial charge in [-0.05, 0) is 12.8 Å². The van der Waals surface area contributed by atoms with Gasteiger partial charge in [-0.25, -0.2) is 9.59 Å². The van der Waals surface area contributed by atoms with E-state index >= 15 is 0 Å².